The highest BCUT2D eigenvalue weighted by Gasteiger charge is 2.28. The molecule has 0 saturated heterocycles. The number of carbonyl (C=O) groups is 3. The number of hydrogen-bond acceptors (Lipinski definition) is 8. The van der Waals surface area contributed by atoms with Crippen LogP contribution in [0.3, 0.4) is 0 Å². The van der Waals surface area contributed by atoms with Gasteiger partial charge in [0.2, 0.25) is 5.91 Å². The number of esters is 1. The van der Waals surface area contributed by atoms with Crippen LogP contribution in [-0.4, -0.2) is 64.9 Å². The minimum absolute atomic E-state index is 0.153. The van der Waals surface area contributed by atoms with Gasteiger partial charge >= 0.3 is 19.8 Å². The van der Waals surface area contributed by atoms with Crippen molar-refractivity contribution in [1.29, 1.82) is 0 Å². The van der Waals surface area contributed by atoms with E-state index in [1.807, 2.05) is 0 Å². The van der Waals surface area contributed by atoms with Gasteiger partial charge in [0.1, 0.15) is 12.7 Å². The van der Waals surface area contributed by atoms with E-state index in [9.17, 15) is 34.1 Å². The first-order valence-electron chi connectivity index (χ1n) is 28.6. The van der Waals surface area contributed by atoms with E-state index in [0.717, 1.165) is 38.5 Å². The van der Waals surface area contributed by atoms with Gasteiger partial charge in [-0.2, -0.15) is 0 Å². The summed E-state index contributed by atoms with van der Waals surface area (Å²) in [6.45, 7) is 2.68. The molecule has 398 valence electrons. The summed E-state index contributed by atoms with van der Waals surface area (Å²) < 4.78 is 27.0. The van der Waals surface area contributed by atoms with Crippen molar-refractivity contribution >= 4 is 25.7 Å². The lowest BCUT2D eigenvalue weighted by Crippen LogP contribution is -2.43. The summed E-state index contributed by atoms with van der Waals surface area (Å²) >= 11 is 0. The molecule has 0 rings (SSSR count). The number of unbranched alkanes of at least 4 members (excludes halogenated alkanes) is 41. The maximum absolute atomic E-state index is 12.4. The molecule has 0 radical (unpaired) electrons. The van der Waals surface area contributed by atoms with Gasteiger partial charge in [-0.1, -0.05) is 277 Å². The Morgan fingerprint density at radius 3 is 0.985 bits per heavy atom. The Balaban J connectivity index is 3.72. The highest BCUT2D eigenvalue weighted by atomic mass is 31.2. The van der Waals surface area contributed by atoms with E-state index in [2.05, 4.69) is 19.2 Å². The van der Waals surface area contributed by atoms with Gasteiger partial charge in [0.25, 0.3) is 0 Å². The molecule has 3 unspecified atom stereocenters. The third kappa shape index (κ3) is 50.7. The van der Waals surface area contributed by atoms with E-state index in [-0.39, 0.29) is 12.8 Å². The van der Waals surface area contributed by atoms with Gasteiger partial charge in [0.05, 0.1) is 13.2 Å². The van der Waals surface area contributed by atoms with Crippen molar-refractivity contribution in [2.24, 2.45) is 0 Å². The summed E-state index contributed by atoms with van der Waals surface area (Å²) in [5.74, 6) is -2.34. The second kappa shape index (κ2) is 50.9. The van der Waals surface area contributed by atoms with Crippen molar-refractivity contribution in [3.05, 3.63) is 0 Å². The van der Waals surface area contributed by atoms with Gasteiger partial charge in [0, 0.05) is 12.8 Å². The Bertz CT molecular complexity index is 1140. The van der Waals surface area contributed by atoms with E-state index in [1.54, 1.807) is 0 Å². The third-order valence-corrected chi connectivity index (χ3v) is 14.1. The van der Waals surface area contributed by atoms with Gasteiger partial charge in [0.15, 0.2) is 6.04 Å². The number of nitrogens with one attached hydrogen (secondary N) is 1. The predicted molar refractivity (Wildman–Crippen MR) is 277 cm³/mol. The minimum atomic E-state index is -4.76. The number of hydrogen-bond donors (Lipinski definition) is 4. The van der Waals surface area contributed by atoms with Crippen molar-refractivity contribution in [2.75, 3.05) is 19.8 Å². The van der Waals surface area contributed by atoms with Crippen molar-refractivity contribution < 1.29 is 47.8 Å². The normalized spacial score (nSPS) is 13.4. The first kappa shape index (κ1) is 65.5. The van der Waals surface area contributed by atoms with E-state index in [1.165, 1.54) is 225 Å². The number of aliphatic hydroxyl groups excluding tert-OH is 1. The number of ether oxygens (including phenoxy) is 1. The van der Waals surface area contributed by atoms with E-state index >= 15 is 0 Å². The van der Waals surface area contributed by atoms with Gasteiger partial charge in [-0.25, -0.2) is 9.36 Å². The van der Waals surface area contributed by atoms with Crippen molar-refractivity contribution in [2.45, 2.75) is 315 Å². The summed E-state index contributed by atoms with van der Waals surface area (Å²) in [5.41, 5.74) is 0. The molecule has 0 bridgehead atoms. The number of phosphoric ester groups is 1. The molecule has 0 aromatic rings. The number of carboxylic acid groups (broad SMARTS) is 1. The zero-order valence-corrected chi connectivity index (χ0v) is 44.6. The predicted octanol–water partition coefficient (Wildman–Crippen LogP) is 16.2. The van der Waals surface area contributed by atoms with Crippen LogP contribution in [-0.2, 0) is 32.7 Å². The molecule has 0 aromatic carbocycles. The number of amides is 1. The van der Waals surface area contributed by atoms with Gasteiger partial charge in [-0.15, -0.1) is 0 Å². The zero-order chi connectivity index (χ0) is 49.2. The molecule has 0 aliphatic rings. The summed E-state index contributed by atoms with van der Waals surface area (Å²) in [7, 11) is -4.76. The number of carboxylic acids is 1. The first-order valence-corrected chi connectivity index (χ1v) is 30.1. The van der Waals surface area contributed by atoms with Crippen LogP contribution in [0.15, 0.2) is 0 Å². The first-order chi connectivity index (χ1) is 32.6. The fraction of sp³-hybridized carbons (Fsp3) is 0.945. The van der Waals surface area contributed by atoms with Crippen LogP contribution in [0.25, 0.3) is 0 Å². The number of aliphatic carboxylic acids is 1. The van der Waals surface area contributed by atoms with Gasteiger partial charge in [-0.05, 0) is 12.8 Å². The molecule has 0 aliphatic heterocycles. The molecule has 0 fully saturated rings. The Morgan fingerprint density at radius 1 is 0.418 bits per heavy atom. The fourth-order valence-electron chi connectivity index (χ4n) is 8.73. The second-order valence-electron chi connectivity index (χ2n) is 19.9. The zero-order valence-electron chi connectivity index (χ0n) is 43.7. The fourth-order valence-corrected chi connectivity index (χ4v) is 9.50. The third-order valence-electron chi connectivity index (χ3n) is 13.1. The maximum Gasteiger partial charge on any atom is 0.472 e. The molecule has 11 nitrogen and oxygen atoms in total. The van der Waals surface area contributed by atoms with Crippen molar-refractivity contribution in [3.8, 4) is 0 Å². The lowest BCUT2D eigenvalue weighted by molar-refractivity contribution is -0.147. The molecular weight excluding hydrogens is 866 g/mol. The number of aliphatic hydroxyl groups is 1. The second-order valence-corrected chi connectivity index (χ2v) is 21.3. The molecule has 0 heterocycles. The standard InChI is InChI=1S/C55H108NO10P/c1-3-5-7-9-11-13-15-17-19-21-23-25-26-27-29-31-33-35-37-39-41-43-45-47-54(59)64-48-51(57)49-65-67(62,63)66-50-52(55(60)61)56-53(58)46-44-42-40-38-36-34-32-30-28-24-22-20-18-16-14-12-10-8-6-4-2/h51-52,57H,3-50H2,1-2H3,(H,56,58)(H,60,61)(H,62,63). The molecule has 12 heteroatoms. The smallest absolute Gasteiger partial charge is 0.472 e. The SMILES string of the molecule is CCCCCCCCCCCCCCCCCCCCCCCCCC(=O)OCC(O)COP(=O)(O)OCC(NC(=O)CCCCCCCCCCCCCCCCCCCCCC)C(=O)O. The summed E-state index contributed by atoms with van der Waals surface area (Å²) in [6.07, 6.45) is 54.2. The van der Waals surface area contributed by atoms with Crippen LogP contribution in [0.4, 0.5) is 0 Å². The van der Waals surface area contributed by atoms with Crippen LogP contribution in [0.2, 0.25) is 0 Å². The van der Waals surface area contributed by atoms with E-state index in [0.29, 0.717) is 12.8 Å². The molecule has 0 spiro atoms. The molecule has 4 N–H and O–H groups in total. The quantitative estimate of drug-likeness (QED) is 0.0261. The van der Waals surface area contributed by atoms with Crippen molar-refractivity contribution in [1.82, 2.24) is 5.32 Å². The van der Waals surface area contributed by atoms with Crippen LogP contribution >= 0.6 is 7.82 Å². The molecule has 1 amide bonds. The maximum atomic E-state index is 12.4. The average molecular weight is 974 g/mol. The van der Waals surface area contributed by atoms with Crippen LogP contribution < -0.4 is 5.32 Å². The van der Waals surface area contributed by atoms with Crippen LogP contribution in [0.5, 0.6) is 0 Å². The summed E-state index contributed by atoms with van der Waals surface area (Å²) in [4.78, 5) is 46.2. The number of phosphoric acid groups is 1. The van der Waals surface area contributed by atoms with Gasteiger partial charge < -0.3 is 25.2 Å². The van der Waals surface area contributed by atoms with E-state index < -0.39 is 57.6 Å². The van der Waals surface area contributed by atoms with Crippen LogP contribution in [0, 0.1) is 0 Å². The Kier molecular flexibility index (Phi) is 49.7. The molecule has 0 aliphatic carbocycles. The summed E-state index contributed by atoms with van der Waals surface area (Å²) in [5, 5.41) is 22.0. The van der Waals surface area contributed by atoms with Gasteiger partial charge in [-0.3, -0.25) is 18.6 Å². The highest BCUT2D eigenvalue weighted by Crippen LogP contribution is 2.43. The summed E-state index contributed by atoms with van der Waals surface area (Å²) in [6, 6.07) is -1.54. The number of carbonyl (C=O) groups excluding carboxylic acids is 2. The number of rotatable bonds is 55. The largest absolute Gasteiger partial charge is 0.480 e. The average Bonchev–Trinajstić information content (AvgIpc) is 3.31. The lowest BCUT2D eigenvalue weighted by atomic mass is 10.0. The topological polar surface area (TPSA) is 169 Å². The Labute approximate surface area is 412 Å². The lowest BCUT2D eigenvalue weighted by Gasteiger charge is -2.18. The van der Waals surface area contributed by atoms with Crippen molar-refractivity contribution in [3.63, 3.8) is 0 Å². The minimum Gasteiger partial charge on any atom is -0.480 e. The Hall–Kier alpha value is -1.52. The van der Waals surface area contributed by atoms with Crippen LogP contribution in [0.1, 0.15) is 303 Å². The molecule has 3 atom stereocenters. The molecular formula is C55H108NO10P. The van der Waals surface area contributed by atoms with E-state index in [4.69, 9.17) is 13.8 Å². The molecule has 0 saturated carbocycles. The monoisotopic (exact) mass is 974 g/mol. The Morgan fingerprint density at radius 2 is 0.687 bits per heavy atom. The highest BCUT2D eigenvalue weighted by molar-refractivity contribution is 7.47. The molecule has 0 aromatic heterocycles. The molecule has 67 heavy (non-hydrogen) atoms.